The number of halogens is 1. The third-order valence-electron chi connectivity index (χ3n) is 4.59. The van der Waals surface area contributed by atoms with Crippen LogP contribution in [0.3, 0.4) is 0 Å². The molecule has 0 bridgehead atoms. The van der Waals surface area contributed by atoms with E-state index in [0.717, 1.165) is 27.8 Å². The lowest BCUT2D eigenvalue weighted by atomic mass is 9.93. The minimum absolute atomic E-state index is 0.180. The van der Waals surface area contributed by atoms with Crippen molar-refractivity contribution in [3.63, 3.8) is 0 Å². The first kappa shape index (κ1) is 17.9. The van der Waals surface area contributed by atoms with Crippen molar-refractivity contribution in [2.24, 2.45) is 0 Å². The number of rotatable bonds is 3. The Morgan fingerprint density at radius 3 is 1.96 bits per heavy atom. The van der Waals surface area contributed by atoms with E-state index in [1.807, 2.05) is 37.3 Å². The summed E-state index contributed by atoms with van der Waals surface area (Å²) in [5.74, 6) is 1.34. The normalized spacial score (nSPS) is 13.0. The van der Waals surface area contributed by atoms with Crippen molar-refractivity contribution in [2.45, 2.75) is 11.8 Å². The van der Waals surface area contributed by atoms with Crippen molar-refractivity contribution in [1.29, 1.82) is 0 Å². The molecule has 0 saturated heterocycles. The molecule has 1 aliphatic rings. The molecule has 4 nitrogen and oxygen atoms in total. The predicted molar refractivity (Wildman–Crippen MR) is 106 cm³/mol. The third-order valence-corrected chi connectivity index (χ3v) is 6.12. The average molecular weight is 401 g/mol. The SMILES string of the molecule is Cc1ccc(-c2cc3c(cc2-c2ccc(S(C)(=O)=O)cc2)OCO3)cc1Cl. The van der Waals surface area contributed by atoms with Gasteiger partial charge in [-0.15, -0.1) is 0 Å². The van der Waals surface area contributed by atoms with E-state index >= 15 is 0 Å². The molecule has 0 amide bonds. The smallest absolute Gasteiger partial charge is 0.231 e. The van der Waals surface area contributed by atoms with Crippen LogP contribution >= 0.6 is 11.6 Å². The van der Waals surface area contributed by atoms with Crippen LogP contribution in [0.25, 0.3) is 22.3 Å². The number of fused-ring (bicyclic) bond motifs is 1. The number of hydrogen-bond acceptors (Lipinski definition) is 4. The summed E-state index contributed by atoms with van der Waals surface area (Å²) in [4.78, 5) is 0.284. The lowest BCUT2D eigenvalue weighted by Gasteiger charge is -2.13. The Balaban J connectivity index is 1.90. The maximum absolute atomic E-state index is 11.7. The molecule has 0 radical (unpaired) electrons. The van der Waals surface area contributed by atoms with Crippen LogP contribution in [0.15, 0.2) is 59.5 Å². The number of hydrogen-bond donors (Lipinski definition) is 0. The molecule has 4 rings (SSSR count). The lowest BCUT2D eigenvalue weighted by Crippen LogP contribution is -1.96. The van der Waals surface area contributed by atoms with Gasteiger partial charge in [0.15, 0.2) is 21.3 Å². The van der Waals surface area contributed by atoms with Gasteiger partial charge in [0.2, 0.25) is 6.79 Å². The Bertz CT molecular complexity index is 1140. The molecule has 0 atom stereocenters. The zero-order valence-corrected chi connectivity index (χ0v) is 16.4. The molecule has 6 heteroatoms. The maximum Gasteiger partial charge on any atom is 0.231 e. The van der Waals surface area contributed by atoms with Crippen molar-refractivity contribution in [1.82, 2.24) is 0 Å². The van der Waals surface area contributed by atoms with Gasteiger partial charge in [-0.2, -0.15) is 0 Å². The second kappa shape index (κ2) is 6.59. The number of sulfone groups is 1. The zero-order chi connectivity index (χ0) is 19.2. The predicted octanol–water partition coefficient (Wildman–Crippen LogP) is 5.11. The van der Waals surface area contributed by atoms with E-state index in [2.05, 4.69) is 0 Å². The van der Waals surface area contributed by atoms with E-state index in [4.69, 9.17) is 21.1 Å². The van der Waals surface area contributed by atoms with Crippen LogP contribution < -0.4 is 9.47 Å². The van der Waals surface area contributed by atoms with Gasteiger partial charge in [-0.3, -0.25) is 0 Å². The average Bonchev–Trinajstić information content (AvgIpc) is 3.10. The summed E-state index contributed by atoms with van der Waals surface area (Å²) in [6, 6.07) is 16.6. The minimum atomic E-state index is -3.25. The Morgan fingerprint density at radius 2 is 1.41 bits per heavy atom. The molecule has 0 saturated carbocycles. The fourth-order valence-electron chi connectivity index (χ4n) is 3.06. The van der Waals surface area contributed by atoms with Gasteiger partial charge in [-0.05, 0) is 65.1 Å². The quantitative estimate of drug-likeness (QED) is 0.612. The standard InChI is InChI=1S/C21H17ClO4S/c1-13-3-4-15(9-19(13)22)18-11-21-20(25-12-26-21)10-17(18)14-5-7-16(8-6-14)27(2,23)24/h3-11H,12H2,1-2H3. The highest BCUT2D eigenvalue weighted by Gasteiger charge is 2.20. The Labute approximate surface area is 163 Å². The molecule has 3 aromatic carbocycles. The molecule has 0 fully saturated rings. The molecule has 0 aromatic heterocycles. The summed E-state index contributed by atoms with van der Waals surface area (Å²) in [6.45, 7) is 2.14. The first-order valence-electron chi connectivity index (χ1n) is 8.33. The highest BCUT2D eigenvalue weighted by molar-refractivity contribution is 7.90. The molecule has 3 aromatic rings. The van der Waals surface area contributed by atoms with Crippen molar-refractivity contribution in [2.75, 3.05) is 13.0 Å². The highest BCUT2D eigenvalue weighted by atomic mass is 35.5. The Kier molecular flexibility index (Phi) is 4.36. The van der Waals surface area contributed by atoms with E-state index in [9.17, 15) is 8.42 Å². The van der Waals surface area contributed by atoms with Gasteiger partial charge in [-0.25, -0.2) is 8.42 Å². The van der Waals surface area contributed by atoms with E-state index < -0.39 is 9.84 Å². The van der Waals surface area contributed by atoms with Crippen molar-refractivity contribution in [3.05, 3.63) is 65.2 Å². The van der Waals surface area contributed by atoms with Crippen LogP contribution in [0.4, 0.5) is 0 Å². The number of aryl methyl sites for hydroxylation is 1. The molecule has 0 spiro atoms. The van der Waals surface area contributed by atoms with Crippen LogP contribution in [0.5, 0.6) is 11.5 Å². The van der Waals surface area contributed by atoms with Gasteiger partial charge in [0.1, 0.15) is 0 Å². The first-order valence-corrected chi connectivity index (χ1v) is 10.6. The minimum Gasteiger partial charge on any atom is -0.454 e. The summed E-state index contributed by atoms with van der Waals surface area (Å²) >= 11 is 6.33. The summed E-state index contributed by atoms with van der Waals surface area (Å²) in [5, 5.41) is 0.684. The molecule has 27 heavy (non-hydrogen) atoms. The van der Waals surface area contributed by atoms with Crippen LogP contribution in [-0.2, 0) is 9.84 Å². The zero-order valence-electron chi connectivity index (χ0n) is 14.8. The van der Waals surface area contributed by atoms with E-state index in [0.29, 0.717) is 16.5 Å². The van der Waals surface area contributed by atoms with Gasteiger partial charge in [0.05, 0.1) is 4.90 Å². The Morgan fingerprint density at radius 1 is 0.852 bits per heavy atom. The molecule has 138 valence electrons. The summed E-state index contributed by atoms with van der Waals surface area (Å²) in [6.07, 6.45) is 1.20. The number of benzene rings is 3. The van der Waals surface area contributed by atoms with E-state index in [-0.39, 0.29) is 11.7 Å². The van der Waals surface area contributed by atoms with E-state index in [1.165, 1.54) is 6.26 Å². The fourth-order valence-corrected chi connectivity index (χ4v) is 3.87. The van der Waals surface area contributed by atoms with Gasteiger partial charge < -0.3 is 9.47 Å². The van der Waals surface area contributed by atoms with Crippen LogP contribution in [-0.4, -0.2) is 21.5 Å². The fraction of sp³-hybridized carbons (Fsp3) is 0.143. The largest absolute Gasteiger partial charge is 0.454 e. The van der Waals surface area contributed by atoms with Gasteiger partial charge in [-0.1, -0.05) is 35.9 Å². The van der Waals surface area contributed by atoms with Gasteiger partial charge in [0.25, 0.3) is 0 Å². The lowest BCUT2D eigenvalue weighted by molar-refractivity contribution is 0.174. The summed E-state index contributed by atoms with van der Waals surface area (Å²) < 4.78 is 34.5. The molecule has 1 heterocycles. The highest BCUT2D eigenvalue weighted by Crippen LogP contribution is 2.43. The molecule has 0 unspecified atom stereocenters. The first-order chi connectivity index (χ1) is 12.8. The van der Waals surface area contributed by atoms with Crippen LogP contribution in [0.1, 0.15) is 5.56 Å². The molecular formula is C21H17ClO4S. The molecule has 0 aliphatic carbocycles. The summed E-state index contributed by atoms with van der Waals surface area (Å²) in [5.41, 5.74) is 4.69. The summed E-state index contributed by atoms with van der Waals surface area (Å²) in [7, 11) is -3.25. The number of ether oxygens (including phenoxy) is 2. The van der Waals surface area contributed by atoms with Crippen LogP contribution in [0, 0.1) is 6.92 Å². The van der Waals surface area contributed by atoms with Gasteiger partial charge >= 0.3 is 0 Å². The second-order valence-electron chi connectivity index (χ2n) is 6.51. The Hall–Kier alpha value is -2.50. The van der Waals surface area contributed by atoms with Crippen LogP contribution in [0.2, 0.25) is 5.02 Å². The van der Waals surface area contributed by atoms with Gasteiger partial charge in [0, 0.05) is 11.3 Å². The third kappa shape index (κ3) is 3.40. The monoisotopic (exact) mass is 400 g/mol. The molecule has 0 N–H and O–H groups in total. The molecule has 1 aliphatic heterocycles. The topological polar surface area (TPSA) is 52.6 Å². The van der Waals surface area contributed by atoms with Crippen molar-refractivity contribution < 1.29 is 17.9 Å². The maximum atomic E-state index is 11.7. The van der Waals surface area contributed by atoms with Crippen molar-refractivity contribution in [3.8, 4) is 33.8 Å². The molecular weight excluding hydrogens is 384 g/mol. The van der Waals surface area contributed by atoms with Crippen molar-refractivity contribution >= 4 is 21.4 Å². The van der Waals surface area contributed by atoms with E-state index in [1.54, 1.807) is 24.3 Å². The second-order valence-corrected chi connectivity index (χ2v) is 8.93.